The summed E-state index contributed by atoms with van der Waals surface area (Å²) in [5.41, 5.74) is 4.21. The number of para-hydroxylation sites is 1. The normalized spacial score (nSPS) is 15.1. The van der Waals surface area contributed by atoms with Gasteiger partial charge in [0.15, 0.2) is 0 Å². The van der Waals surface area contributed by atoms with Crippen LogP contribution in [0.25, 0.3) is 17.0 Å². The largest absolute Gasteiger partial charge is 0.460 e. The first-order chi connectivity index (χ1) is 14.7. The van der Waals surface area contributed by atoms with Crippen molar-refractivity contribution < 1.29 is 13.9 Å². The summed E-state index contributed by atoms with van der Waals surface area (Å²) in [6, 6.07) is 16.4. The minimum absolute atomic E-state index is 0.111. The van der Waals surface area contributed by atoms with Crippen LogP contribution >= 0.6 is 0 Å². The number of rotatable bonds is 7. The van der Waals surface area contributed by atoms with E-state index in [2.05, 4.69) is 41.4 Å². The molecule has 1 aliphatic heterocycles. The zero-order valence-corrected chi connectivity index (χ0v) is 17.4. The summed E-state index contributed by atoms with van der Waals surface area (Å²) in [7, 11) is 0. The summed E-state index contributed by atoms with van der Waals surface area (Å²) in [6.07, 6.45) is 4.22. The summed E-state index contributed by atoms with van der Waals surface area (Å²) >= 11 is 0. The number of hydrogen-bond donors (Lipinski definition) is 1. The van der Waals surface area contributed by atoms with Gasteiger partial charge in [0.25, 0.3) is 0 Å². The lowest BCUT2D eigenvalue weighted by Gasteiger charge is -2.26. The quantitative estimate of drug-likeness (QED) is 0.601. The number of nitrogens with one attached hydrogen (secondary N) is 1. The van der Waals surface area contributed by atoms with Gasteiger partial charge in [0.05, 0.1) is 13.2 Å². The maximum Gasteiger partial charge on any atom is 0.244 e. The average Bonchev–Trinajstić information content (AvgIpc) is 3.15. The Morgan fingerprint density at radius 1 is 1.07 bits per heavy atom. The van der Waals surface area contributed by atoms with Crippen LogP contribution in [0, 0.1) is 0 Å². The third-order valence-corrected chi connectivity index (χ3v) is 5.43. The highest BCUT2D eigenvalue weighted by molar-refractivity contribution is 5.96. The number of amides is 1. The average molecular weight is 405 g/mol. The van der Waals surface area contributed by atoms with Crippen LogP contribution < -0.4 is 5.32 Å². The number of hydrogen-bond acceptors (Lipinski definition) is 4. The number of ether oxygens (including phenoxy) is 1. The topological polar surface area (TPSA) is 54.7 Å². The SMILES string of the molecule is CCc1oc2ccccc2c1C=CC(=O)NCc1ccc(CN2CCOCC2)cc1. The molecule has 1 aliphatic rings. The fourth-order valence-electron chi connectivity index (χ4n) is 3.75. The summed E-state index contributed by atoms with van der Waals surface area (Å²) in [5, 5.41) is 4.00. The van der Waals surface area contributed by atoms with Crippen LogP contribution in [0.2, 0.25) is 0 Å². The maximum absolute atomic E-state index is 12.3. The lowest BCUT2D eigenvalue weighted by Crippen LogP contribution is -2.35. The molecule has 0 radical (unpaired) electrons. The Balaban J connectivity index is 1.32. The van der Waals surface area contributed by atoms with Crippen molar-refractivity contribution in [2.75, 3.05) is 26.3 Å². The Labute approximate surface area is 177 Å². The molecule has 4 rings (SSSR count). The molecule has 0 aliphatic carbocycles. The van der Waals surface area contributed by atoms with E-state index < -0.39 is 0 Å². The molecule has 2 heterocycles. The van der Waals surface area contributed by atoms with E-state index in [1.807, 2.05) is 30.3 Å². The predicted molar refractivity (Wildman–Crippen MR) is 119 cm³/mol. The molecule has 2 aromatic carbocycles. The molecule has 1 aromatic heterocycles. The van der Waals surface area contributed by atoms with Crippen molar-refractivity contribution in [3.63, 3.8) is 0 Å². The van der Waals surface area contributed by atoms with Crippen molar-refractivity contribution in [3.8, 4) is 0 Å². The molecule has 3 aromatic rings. The molecule has 0 unspecified atom stereocenters. The van der Waals surface area contributed by atoms with Crippen molar-refractivity contribution >= 4 is 23.0 Å². The van der Waals surface area contributed by atoms with Crippen molar-refractivity contribution in [1.82, 2.24) is 10.2 Å². The van der Waals surface area contributed by atoms with E-state index >= 15 is 0 Å². The van der Waals surface area contributed by atoms with E-state index in [1.165, 1.54) is 5.56 Å². The van der Waals surface area contributed by atoms with Gasteiger partial charge in [-0.15, -0.1) is 0 Å². The zero-order chi connectivity index (χ0) is 20.8. The van der Waals surface area contributed by atoms with Crippen LogP contribution in [-0.4, -0.2) is 37.1 Å². The van der Waals surface area contributed by atoms with E-state index in [4.69, 9.17) is 9.15 Å². The molecule has 0 spiro atoms. The van der Waals surface area contributed by atoms with Crippen molar-refractivity contribution in [2.24, 2.45) is 0 Å². The number of nitrogens with zero attached hydrogens (tertiary/aromatic N) is 1. The number of aryl methyl sites for hydroxylation is 1. The molecule has 1 fully saturated rings. The van der Waals surface area contributed by atoms with Gasteiger partial charge < -0.3 is 14.5 Å². The molecule has 5 heteroatoms. The van der Waals surface area contributed by atoms with E-state index in [0.29, 0.717) is 6.54 Å². The van der Waals surface area contributed by atoms with Gasteiger partial charge in [0.1, 0.15) is 11.3 Å². The lowest BCUT2D eigenvalue weighted by atomic mass is 10.1. The number of furan rings is 1. The number of carbonyl (C=O) groups is 1. The molecule has 0 saturated carbocycles. The Kier molecular flexibility index (Phi) is 6.62. The highest BCUT2D eigenvalue weighted by Gasteiger charge is 2.11. The van der Waals surface area contributed by atoms with E-state index in [1.54, 1.807) is 6.08 Å². The highest BCUT2D eigenvalue weighted by atomic mass is 16.5. The van der Waals surface area contributed by atoms with Crippen molar-refractivity contribution in [1.29, 1.82) is 0 Å². The first-order valence-corrected chi connectivity index (χ1v) is 10.6. The second-order valence-electron chi connectivity index (χ2n) is 7.54. The van der Waals surface area contributed by atoms with Gasteiger partial charge in [-0.3, -0.25) is 9.69 Å². The van der Waals surface area contributed by atoms with Crippen molar-refractivity contribution in [2.45, 2.75) is 26.4 Å². The number of benzene rings is 2. The summed E-state index contributed by atoms with van der Waals surface area (Å²) < 4.78 is 11.3. The fraction of sp³-hybridized carbons (Fsp3) is 0.320. The van der Waals surface area contributed by atoms with Gasteiger partial charge in [0, 0.05) is 49.6 Å². The van der Waals surface area contributed by atoms with Crippen molar-refractivity contribution in [3.05, 3.63) is 77.1 Å². The third kappa shape index (κ3) is 4.99. The number of fused-ring (bicyclic) bond motifs is 1. The molecule has 5 nitrogen and oxygen atoms in total. The van der Waals surface area contributed by atoms with E-state index in [0.717, 1.165) is 67.1 Å². The summed E-state index contributed by atoms with van der Waals surface area (Å²) in [5.74, 6) is 0.788. The molecule has 30 heavy (non-hydrogen) atoms. The highest BCUT2D eigenvalue weighted by Crippen LogP contribution is 2.27. The molecular weight excluding hydrogens is 376 g/mol. The van der Waals surface area contributed by atoms with Crippen LogP contribution in [-0.2, 0) is 29.0 Å². The summed E-state index contributed by atoms with van der Waals surface area (Å²) in [6.45, 7) is 7.09. The Bertz CT molecular complexity index is 1010. The van der Waals surface area contributed by atoms with Crippen LogP contribution in [0.1, 0.15) is 29.4 Å². The third-order valence-electron chi connectivity index (χ3n) is 5.43. The predicted octanol–water partition coefficient (Wildman–Crippen LogP) is 4.16. The molecule has 0 bridgehead atoms. The Morgan fingerprint density at radius 2 is 1.80 bits per heavy atom. The molecule has 156 valence electrons. The van der Waals surface area contributed by atoms with Crippen LogP contribution in [0.15, 0.2) is 59.0 Å². The van der Waals surface area contributed by atoms with Crippen LogP contribution in [0.4, 0.5) is 0 Å². The molecular formula is C25H28N2O3. The second-order valence-corrected chi connectivity index (χ2v) is 7.54. The number of carbonyl (C=O) groups excluding carboxylic acids is 1. The Morgan fingerprint density at radius 3 is 2.57 bits per heavy atom. The minimum atomic E-state index is -0.111. The lowest BCUT2D eigenvalue weighted by molar-refractivity contribution is -0.116. The smallest absolute Gasteiger partial charge is 0.244 e. The second kappa shape index (κ2) is 9.74. The van der Waals surface area contributed by atoms with Gasteiger partial charge in [-0.25, -0.2) is 0 Å². The fourth-order valence-corrected chi connectivity index (χ4v) is 3.75. The maximum atomic E-state index is 12.3. The van der Waals surface area contributed by atoms with Gasteiger partial charge in [-0.05, 0) is 23.3 Å². The number of morpholine rings is 1. The minimum Gasteiger partial charge on any atom is -0.460 e. The standard InChI is InChI=1S/C25H28N2O3/c1-2-23-22(21-5-3-4-6-24(21)30-23)11-12-25(28)26-17-19-7-9-20(10-8-19)18-27-13-15-29-16-14-27/h3-12H,2,13-18H2,1H3,(H,26,28). The molecule has 1 amide bonds. The van der Waals surface area contributed by atoms with Crippen LogP contribution in [0.5, 0.6) is 0 Å². The summed E-state index contributed by atoms with van der Waals surface area (Å²) in [4.78, 5) is 14.7. The van der Waals surface area contributed by atoms with Gasteiger partial charge in [0.2, 0.25) is 5.91 Å². The molecule has 1 saturated heterocycles. The zero-order valence-electron chi connectivity index (χ0n) is 17.4. The monoisotopic (exact) mass is 404 g/mol. The molecule has 1 N–H and O–H groups in total. The van der Waals surface area contributed by atoms with Gasteiger partial charge in [-0.1, -0.05) is 49.4 Å². The first kappa shape index (κ1) is 20.4. The first-order valence-electron chi connectivity index (χ1n) is 10.6. The molecule has 0 atom stereocenters. The van der Waals surface area contributed by atoms with E-state index in [9.17, 15) is 4.79 Å². The van der Waals surface area contributed by atoms with Gasteiger partial charge in [-0.2, -0.15) is 0 Å². The van der Waals surface area contributed by atoms with Gasteiger partial charge >= 0.3 is 0 Å². The Hall–Kier alpha value is -2.89. The van der Waals surface area contributed by atoms with E-state index in [-0.39, 0.29) is 5.91 Å². The van der Waals surface area contributed by atoms with Crippen LogP contribution in [0.3, 0.4) is 0 Å².